The summed E-state index contributed by atoms with van der Waals surface area (Å²) in [5.74, 6) is -3.99. The van der Waals surface area contributed by atoms with E-state index in [2.05, 4.69) is 22.5 Å². The Morgan fingerprint density at radius 1 is 1.41 bits per heavy atom. The molecule has 10 heteroatoms. The number of para-hydroxylation sites is 1. The van der Waals surface area contributed by atoms with Gasteiger partial charge in [-0.25, -0.2) is 0 Å². The highest BCUT2D eigenvalue weighted by atomic mass is 79.9. The minimum absolute atomic E-state index is 0.113. The lowest BCUT2D eigenvalue weighted by Crippen LogP contribution is -2.57. The number of rotatable bonds is 8. The van der Waals surface area contributed by atoms with Gasteiger partial charge < -0.3 is 24.7 Å². The Morgan fingerprint density at radius 3 is 2.75 bits per heavy atom. The van der Waals surface area contributed by atoms with Crippen LogP contribution in [0.3, 0.4) is 0 Å². The zero-order valence-electron chi connectivity index (χ0n) is 17.2. The zero-order valence-corrected chi connectivity index (χ0v) is 19.5. The number of carboxylic acids is 1. The fourth-order valence-electron chi connectivity index (χ4n) is 5.43. The van der Waals surface area contributed by atoms with E-state index >= 15 is 0 Å². The first-order valence-corrected chi connectivity index (χ1v) is 11.7. The molecule has 3 aliphatic heterocycles. The third kappa shape index (κ3) is 3.37. The molecule has 2 bridgehead atoms. The number of aliphatic hydroxyl groups excluding tert-OH is 1. The summed E-state index contributed by atoms with van der Waals surface area (Å²) in [6.45, 7) is 3.83. The molecule has 1 unspecified atom stereocenters. The molecule has 1 aromatic carbocycles. The summed E-state index contributed by atoms with van der Waals surface area (Å²) < 4.78 is 6.22. The molecular formula is C22H24BrClN2O6. The molecule has 0 aromatic heterocycles. The van der Waals surface area contributed by atoms with Gasteiger partial charge in [0, 0.05) is 24.5 Å². The topological polar surface area (TPSA) is 107 Å². The van der Waals surface area contributed by atoms with E-state index in [0.29, 0.717) is 17.1 Å². The van der Waals surface area contributed by atoms with Crippen LogP contribution in [0.4, 0.5) is 5.69 Å². The van der Waals surface area contributed by atoms with Crippen molar-refractivity contribution >= 4 is 51.0 Å². The summed E-state index contributed by atoms with van der Waals surface area (Å²) >= 11 is 9.88. The van der Waals surface area contributed by atoms with Crippen molar-refractivity contribution in [3.8, 4) is 0 Å². The van der Waals surface area contributed by atoms with E-state index in [1.807, 2.05) is 0 Å². The number of halogens is 2. The molecule has 32 heavy (non-hydrogen) atoms. The van der Waals surface area contributed by atoms with Gasteiger partial charge in [-0.15, -0.1) is 6.58 Å². The molecule has 0 radical (unpaired) electrons. The van der Waals surface area contributed by atoms with E-state index in [1.165, 1.54) is 9.80 Å². The smallest absolute Gasteiger partial charge is 0.310 e. The first kappa shape index (κ1) is 23.2. The lowest BCUT2D eigenvalue weighted by Gasteiger charge is -2.37. The van der Waals surface area contributed by atoms with Crippen molar-refractivity contribution in [1.29, 1.82) is 0 Å². The fraction of sp³-hybridized carbons (Fsp3) is 0.500. The highest BCUT2D eigenvalue weighted by Crippen LogP contribution is 2.60. The van der Waals surface area contributed by atoms with Crippen LogP contribution in [0.25, 0.3) is 0 Å². The van der Waals surface area contributed by atoms with Gasteiger partial charge in [-0.05, 0) is 25.0 Å². The minimum Gasteiger partial charge on any atom is -0.481 e. The molecule has 3 fully saturated rings. The largest absolute Gasteiger partial charge is 0.481 e. The van der Waals surface area contributed by atoms with Crippen molar-refractivity contribution in [3.63, 3.8) is 0 Å². The Labute approximate surface area is 198 Å². The van der Waals surface area contributed by atoms with Gasteiger partial charge in [0.25, 0.3) is 5.91 Å². The van der Waals surface area contributed by atoms with E-state index in [0.717, 1.165) is 0 Å². The predicted octanol–water partition coefficient (Wildman–Crippen LogP) is 2.07. The first-order valence-electron chi connectivity index (χ1n) is 10.4. The Kier molecular flexibility index (Phi) is 6.37. The molecular weight excluding hydrogens is 504 g/mol. The summed E-state index contributed by atoms with van der Waals surface area (Å²) in [5.41, 5.74) is -0.808. The molecule has 8 nitrogen and oxygen atoms in total. The highest BCUT2D eigenvalue weighted by molar-refractivity contribution is 9.09. The van der Waals surface area contributed by atoms with Gasteiger partial charge >= 0.3 is 5.97 Å². The number of amides is 2. The summed E-state index contributed by atoms with van der Waals surface area (Å²) in [6, 6.07) is 5.82. The molecule has 1 aromatic rings. The predicted molar refractivity (Wildman–Crippen MR) is 121 cm³/mol. The van der Waals surface area contributed by atoms with Crippen molar-refractivity contribution in [2.75, 3.05) is 24.6 Å². The number of likely N-dealkylation sites (tertiary alicyclic amines) is 1. The normalized spacial score (nSPS) is 32.8. The molecule has 0 aliphatic carbocycles. The van der Waals surface area contributed by atoms with Gasteiger partial charge in [0.05, 0.1) is 28.6 Å². The number of nitrogens with zero attached hydrogens (tertiary/aromatic N) is 2. The SMILES string of the molecule is C=CCN(C(=O)[C@@H]1N(CCCO)C(=O)[C@H]2[C@H](C(=O)O)[C@H]3O[C@@]12CC3Br)c1ccccc1Cl. The summed E-state index contributed by atoms with van der Waals surface area (Å²) in [4.78, 5) is 42.1. The van der Waals surface area contributed by atoms with Crippen molar-refractivity contribution < 1.29 is 29.3 Å². The number of anilines is 1. The van der Waals surface area contributed by atoms with Crippen molar-refractivity contribution in [2.24, 2.45) is 11.8 Å². The van der Waals surface area contributed by atoms with E-state index in [-0.39, 0.29) is 30.9 Å². The van der Waals surface area contributed by atoms with Crippen molar-refractivity contribution in [1.82, 2.24) is 4.90 Å². The third-order valence-electron chi connectivity index (χ3n) is 6.59. The molecule has 3 saturated heterocycles. The number of fused-ring (bicyclic) bond motifs is 1. The fourth-order valence-corrected chi connectivity index (χ4v) is 6.61. The van der Waals surface area contributed by atoms with E-state index in [4.69, 9.17) is 16.3 Å². The van der Waals surface area contributed by atoms with Crippen LogP contribution in [0.1, 0.15) is 12.8 Å². The van der Waals surface area contributed by atoms with Crippen LogP contribution in [0.2, 0.25) is 5.02 Å². The Balaban J connectivity index is 1.81. The second-order valence-electron chi connectivity index (χ2n) is 8.30. The lowest BCUT2D eigenvalue weighted by atomic mass is 9.70. The van der Waals surface area contributed by atoms with Crippen LogP contribution in [-0.2, 0) is 19.1 Å². The number of hydrogen-bond acceptors (Lipinski definition) is 5. The second-order valence-corrected chi connectivity index (χ2v) is 9.88. The molecule has 2 amide bonds. The average Bonchev–Trinajstić information content (AvgIpc) is 3.34. The lowest BCUT2D eigenvalue weighted by molar-refractivity contribution is -0.149. The third-order valence-corrected chi connectivity index (χ3v) is 7.75. The molecule has 6 atom stereocenters. The van der Waals surface area contributed by atoms with Crippen molar-refractivity contribution in [2.45, 2.75) is 35.4 Å². The number of carbonyl (C=O) groups is 3. The molecule has 3 aliphatic rings. The Bertz CT molecular complexity index is 960. The maximum Gasteiger partial charge on any atom is 0.310 e. The van der Waals surface area contributed by atoms with Gasteiger partial charge in [0.15, 0.2) is 0 Å². The molecule has 1 spiro atoms. The quantitative estimate of drug-likeness (QED) is 0.396. The zero-order chi connectivity index (χ0) is 23.2. The van der Waals surface area contributed by atoms with Crippen LogP contribution in [0.15, 0.2) is 36.9 Å². The highest BCUT2D eigenvalue weighted by Gasteiger charge is 2.76. The van der Waals surface area contributed by atoms with Gasteiger partial charge in [-0.1, -0.05) is 45.7 Å². The number of alkyl halides is 1. The number of ether oxygens (including phenoxy) is 1. The van der Waals surface area contributed by atoms with E-state index in [9.17, 15) is 24.6 Å². The maximum absolute atomic E-state index is 14.0. The molecule has 4 rings (SSSR count). The second kappa shape index (κ2) is 8.78. The average molecular weight is 528 g/mol. The number of aliphatic hydroxyl groups is 1. The van der Waals surface area contributed by atoms with E-state index < -0.39 is 47.4 Å². The molecule has 0 saturated carbocycles. The van der Waals surface area contributed by atoms with Crippen LogP contribution in [-0.4, -0.2) is 75.2 Å². The van der Waals surface area contributed by atoms with Crippen LogP contribution >= 0.6 is 27.5 Å². The Morgan fingerprint density at radius 2 is 2.12 bits per heavy atom. The molecule has 3 heterocycles. The number of hydrogen-bond donors (Lipinski definition) is 2. The van der Waals surface area contributed by atoms with Gasteiger partial charge in [0.1, 0.15) is 11.6 Å². The van der Waals surface area contributed by atoms with Gasteiger partial charge in [0.2, 0.25) is 5.91 Å². The monoisotopic (exact) mass is 526 g/mol. The Hall–Kier alpha value is -1.94. The summed E-state index contributed by atoms with van der Waals surface area (Å²) in [6.07, 6.45) is 1.44. The van der Waals surface area contributed by atoms with Crippen molar-refractivity contribution in [3.05, 3.63) is 41.9 Å². The first-order chi connectivity index (χ1) is 15.3. The standard InChI is InChI=1S/C22H24BrClN2O6/c1-2-8-25(14-7-4-3-6-13(14)24)20(29)18-22-11-12(23)17(32-22)15(21(30)31)16(22)19(28)26(18)9-5-10-27/h2-4,6-7,12,15-18,27H,1,5,8-11H2,(H,30,31)/t12?,15-,16+,17-,18-,22+/m0/s1. The number of benzene rings is 1. The number of carbonyl (C=O) groups excluding carboxylic acids is 2. The molecule has 2 N–H and O–H groups in total. The van der Waals surface area contributed by atoms with Crippen LogP contribution < -0.4 is 4.90 Å². The maximum atomic E-state index is 14.0. The van der Waals surface area contributed by atoms with Gasteiger partial charge in [-0.2, -0.15) is 0 Å². The van der Waals surface area contributed by atoms with Gasteiger partial charge in [-0.3, -0.25) is 14.4 Å². The number of aliphatic carboxylic acids is 1. The number of carboxylic acid groups (broad SMARTS) is 1. The van der Waals surface area contributed by atoms with E-state index in [1.54, 1.807) is 30.3 Å². The van der Waals surface area contributed by atoms with Crippen LogP contribution in [0, 0.1) is 11.8 Å². The van der Waals surface area contributed by atoms with Crippen LogP contribution in [0.5, 0.6) is 0 Å². The summed E-state index contributed by atoms with van der Waals surface area (Å²) in [5, 5.41) is 19.6. The minimum atomic E-state index is -1.27. The summed E-state index contributed by atoms with van der Waals surface area (Å²) in [7, 11) is 0. The molecule has 172 valence electrons.